The minimum atomic E-state index is 0.744. The van der Waals surface area contributed by atoms with E-state index in [0.717, 1.165) is 25.3 Å². The number of likely N-dealkylation sites (N-methyl/N-ethyl adjacent to an activating group) is 1. The summed E-state index contributed by atoms with van der Waals surface area (Å²) in [4.78, 5) is 11.9. The van der Waals surface area contributed by atoms with Crippen LogP contribution in [0.5, 0.6) is 0 Å². The summed E-state index contributed by atoms with van der Waals surface area (Å²) < 4.78 is 4.56. The molecule has 0 saturated heterocycles. The van der Waals surface area contributed by atoms with Gasteiger partial charge in [-0.3, -0.25) is 0 Å². The molecule has 1 heterocycles. The highest BCUT2D eigenvalue weighted by molar-refractivity contribution is 5.41. The Balaban J connectivity index is 2.40. The lowest BCUT2D eigenvalue weighted by Crippen LogP contribution is -2.24. The maximum atomic E-state index is 9.75. The molecule has 1 aliphatic rings. The summed E-state index contributed by atoms with van der Waals surface area (Å²) >= 11 is 0. The van der Waals surface area contributed by atoms with E-state index < -0.39 is 0 Å². The number of hydrogen-bond donors (Lipinski definition) is 0. The zero-order chi connectivity index (χ0) is 7.40. The normalized spacial score (nSPS) is 19.9. The van der Waals surface area contributed by atoms with Gasteiger partial charge in [0, 0.05) is 19.5 Å². The second kappa shape index (κ2) is 3.37. The van der Waals surface area contributed by atoms with Crippen LogP contribution in [0.1, 0.15) is 6.42 Å². The highest BCUT2D eigenvalue weighted by atomic mass is 16.5. The first-order chi connectivity index (χ1) is 4.83. The molecule has 0 atom stereocenters. The molecular formula is C7H10NO2. The molecule has 0 aliphatic carbocycles. The van der Waals surface area contributed by atoms with Gasteiger partial charge in [0.2, 0.25) is 0 Å². The standard InChI is InChI=1S/C7H10NO2/c1-8-4-2-7(3-5-8)10-6-9/h2H,3-5H2,1H3. The van der Waals surface area contributed by atoms with Crippen LogP contribution in [0, 0.1) is 0 Å². The Labute approximate surface area is 60.3 Å². The summed E-state index contributed by atoms with van der Waals surface area (Å²) in [5, 5.41) is 0. The van der Waals surface area contributed by atoms with E-state index in [1.165, 1.54) is 6.47 Å². The first-order valence-electron chi connectivity index (χ1n) is 3.24. The van der Waals surface area contributed by atoms with Crippen molar-refractivity contribution in [3.63, 3.8) is 0 Å². The topological polar surface area (TPSA) is 29.5 Å². The summed E-state index contributed by atoms with van der Waals surface area (Å²) in [6.45, 7) is 3.23. The third kappa shape index (κ3) is 1.84. The summed E-state index contributed by atoms with van der Waals surface area (Å²) in [6, 6.07) is 0. The molecule has 0 saturated carbocycles. The molecule has 1 radical (unpaired) electrons. The molecule has 0 unspecified atom stereocenters. The molecule has 0 fully saturated rings. The van der Waals surface area contributed by atoms with Crippen molar-refractivity contribution in [2.75, 3.05) is 20.1 Å². The molecule has 0 aromatic heterocycles. The van der Waals surface area contributed by atoms with Gasteiger partial charge in [-0.25, -0.2) is 4.79 Å². The summed E-state index contributed by atoms with van der Waals surface area (Å²) in [7, 11) is 2.03. The lowest BCUT2D eigenvalue weighted by atomic mass is 10.2. The van der Waals surface area contributed by atoms with E-state index in [1.807, 2.05) is 13.1 Å². The maximum Gasteiger partial charge on any atom is 0.422 e. The van der Waals surface area contributed by atoms with Crippen molar-refractivity contribution < 1.29 is 9.53 Å². The van der Waals surface area contributed by atoms with E-state index in [4.69, 9.17) is 0 Å². The van der Waals surface area contributed by atoms with Crippen LogP contribution in [0.2, 0.25) is 0 Å². The maximum absolute atomic E-state index is 9.75. The summed E-state index contributed by atoms with van der Waals surface area (Å²) in [5.74, 6) is 0.744. The van der Waals surface area contributed by atoms with Gasteiger partial charge in [-0.2, -0.15) is 0 Å². The molecule has 0 amide bonds. The molecule has 0 bridgehead atoms. The van der Waals surface area contributed by atoms with Crippen LogP contribution < -0.4 is 0 Å². The molecule has 3 nitrogen and oxygen atoms in total. The second-order valence-electron chi connectivity index (χ2n) is 2.37. The number of hydrogen-bond acceptors (Lipinski definition) is 3. The molecule has 0 N–H and O–H groups in total. The predicted molar refractivity (Wildman–Crippen MR) is 37.0 cm³/mol. The summed E-state index contributed by atoms with van der Waals surface area (Å²) in [6.07, 6.45) is 2.71. The van der Waals surface area contributed by atoms with Crippen LogP contribution in [0.4, 0.5) is 0 Å². The van der Waals surface area contributed by atoms with Gasteiger partial charge in [0.15, 0.2) is 0 Å². The molecule has 0 aromatic carbocycles. The average Bonchev–Trinajstić information content (AvgIpc) is 1.95. The van der Waals surface area contributed by atoms with Gasteiger partial charge in [-0.1, -0.05) is 0 Å². The van der Waals surface area contributed by atoms with Crippen molar-refractivity contribution in [3.05, 3.63) is 11.8 Å². The minimum absolute atomic E-state index is 0.744. The van der Waals surface area contributed by atoms with Crippen molar-refractivity contribution in [1.82, 2.24) is 4.90 Å². The largest absolute Gasteiger partial charge is 0.423 e. The molecule has 0 aromatic rings. The van der Waals surface area contributed by atoms with E-state index in [1.54, 1.807) is 0 Å². The van der Waals surface area contributed by atoms with Gasteiger partial charge in [0.1, 0.15) is 5.76 Å². The molecule has 1 aliphatic heterocycles. The van der Waals surface area contributed by atoms with Gasteiger partial charge in [0.25, 0.3) is 0 Å². The van der Waals surface area contributed by atoms with Crippen LogP contribution in [0.25, 0.3) is 0 Å². The molecule has 1 rings (SSSR count). The van der Waals surface area contributed by atoms with Crippen molar-refractivity contribution in [2.24, 2.45) is 0 Å². The van der Waals surface area contributed by atoms with Crippen LogP contribution in [-0.4, -0.2) is 31.5 Å². The first kappa shape index (κ1) is 7.28. The molecule has 10 heavy (non-hydrogen) atoms. The Morgan fingerprint density at radius 3 is 3.10 bits per heavy atom. The fourth-order valence-electron chi connectivity index (χ4n) is 0.898. The SMILES string of the molecule is CN1CC=C(O[C]=O)CC1. The third-order valence-electron chi connectivity index (χ3n) is 1.54. The quantitative estimate of drug-likeness (QED) is 0.552. The van der Waals surface area contributed by atoms with Gasteiger partial charge in [-0.15, -0.1) is 0 Å². The minimum Gasteiger partial charge on any atom is -0.423 e. The summed E-state index contributed by atoms with van der Waals surface area (Å²) in [5.41, 5.74) is 0. The second-order valence-corrected chi connectivity index (χ2v) is 2.37. The van der Waals surface area contributed by atoms with Crippen molar-refractivity contribution in [3.8, 4) is 0 Å². The van der Waals surface area contributed by atoms with Gasteiger partial charge in [0.05, 0.1) is 0 Å². The fraction of sp³-hybridized carbons (Fsp3) is 0.571. The van der Waals surface area contributed by atoms with Gasteiger partial charge >= 0.3 is 6.47 Å². The van der Waals surface area contributed by atoms with Gasteiger partial charge < -0.3 is 9.64 Å². The van der Waals surface area contributed by atoms with Gasteiger partial charge in [-0.05, 0) is 13.1 Å². The Morgan fingerprint density at radius 2 is 2.60 bits per heavy atom. The Hall–Kier alpha value is -0.830. The van der Waals surface area contributed by atoms with Crippen molar-refractivity contribution in [2.45, 2.75) is 6.42 Å². The number of nitrogens with zero attached hydrogens (tertiary/aromatic N) is 1. The van der Waals surface area contributed by atoms with E-state index in [0.29, 0.717) is 0 Å². The van der Waals surface area contributed by atoms with E-state index in [9.17, 15) is 4.79 Å². The van der Waals surface area contributed by atoms with E-state index in [-0.39, 0.29) is 0 Å². The molecule has 3 heteroatoms. The molecule has 55 valence electrons. The highest BCUT2D eigenvalue weighted by Crippen LogP contribution is 2.08. The third-order valence-corrected chi connectivity index (χ3v) is 1.54. The molecular weight excluding hydrogens is 130 g/mol. The van der Waals surface area contributed by atoms with Crippen LogP contribution >= 0.6 is 0 Å². The zero-order valence-corrected chi connectivity index (χ0v) is 5.96. The number of ether oxygens (including phenoxy) is 1. The van der Waals surface area contributed by atoms with E-state index >= 15 is 0 Å². The predicted octanol–water partition coefficient (Wildman–Crippen LogP) is 0.290. The average molecular weight is 140 g/mol. The molecule has 0 spiro atoms. The smallest absolute Gasteiger partial charge is 0.422 e. The van der Waals surface area contributed by atoms with Crippen molar-refractivity contribution >= 4 is 6.47 Å². The Kier molecular flexibility index (Phi) is 2.45. The monoisotopic (exact) mass is 140 g/mol. The zero-order valence-electron chi connectivity index (χ0n) is 5.96. The first-order valence-corrected chi connectivity index (χ1v) is 3.24. The Bertz CT molecular complexity index is 154. The van der Waals surface area contributed by atoms with E-state index in [2.05, 4.69) is 9.64 Å². The number of rotatable bonds is 2. The number of carbonyl (C=O) groups excluding carboxylic acids is 1. The lowest BCUT2D eigenvalue weighted by molar-refractivity contribution is 0.285. The van der Waals surface area contributed by atoms with Crippen LogP contribution in [0.3, 0.4) is 0 Å². The fourth-order valence-corrected chi connectivity index (χ4v) is 0.898. The lowest BCUT2D eigenvalue weighted by Gasteiger charge is -2.19. The van der Waals surface area contributed by atoms with Crippen molar-refractivity contribution in [1.29, 1.82) is 0 Å². The highest BCUT2D eigenvalue weighted by Gasteiger charge is 2.07. The van der Waals surface area contributed by atoms with Crippen LogP contribution in [-0.2, 0) is 9.53 Å². The Morgan fingerprint density at radius 1 is 1.80 bits per heavy atom. The van der Waals surface area contributed by atoms with Crippen LogP contribution in [0.15, 0.2) is 11.8 Å².